The van der Waals surface area contributed by atoms with E-state index in [0.29, 0.717) is 11.5 Å². The number of rotatable bonds is 4. The minimum Gasteiger partial charge on any atom is -0.377 e. The molecular weight excluding hydrogens is 196 g/mol. The highest BCUT2D eigenvalue weighted by Crippen LogP contribution is 2.51. The Bertz CT molecular complexity index is 229. The molecule has 0 aromatic carbocycles. The molecule has 0 spiro atoms. The molecular formula is C10H18O3Si. The summed E-state index contributed by atoms with van der Waals surface area (Å²) in [6.45, 7) is 0. The van der Waals surface area contributed by atoms with E-state index in [-0.39, 0.29) is 0 Å². The highest BCUT2D eigenvalue weighted by molar-refractivity contribution is 6.62. The zero-order valence-electron chi connectivity index (χ0n) is 9.03. The Morgan fingerprint density at radius 3 is 2.00 bits per heavy atom. The van der Waals surface area contributed by atoms with Crippen LogP contribution in [0, 0.1) is 11.8 Å². The monoisotopic (exact) mass is 214 g/mol. The van der Waals surface area contributed by atoms with Gasteiger partial charge in [-0.15, -0.1) is 0 Å². The van der Waals surface area contributed by atoms with E-state index in [1.165, 1.54) is 12.8 Å². The van der Waals surface area contributed by atoms with Gasteiger partial charge in [0.05, 0.1) is 0 Å². The van der Waals surface area contributed by atoms with Crippen molar-refractivity contribution in [2.24, 2.45) is 11.8 Å². The molecule has 0 amide bonds. The molecule has 2 aliphatic carbocycles. The summed E-state index contributed by atoms with van der Waals surface area (Å²) in [7, 11) is 2.72. The first-order valence-corrected chi connectivity index (χ1v) is 6.89. The van der Waals surface area contributed by atoms with E-state index in [1.807, 2.05) is 0 Å². The van der Waals surface area contributed by atoms with Gasteiger partial charge in [-0.3, -0.25) is 0 Å². The molecule has 2 bridgehead atoms. The van der Waals surface area contributed by atoms with Crippen molar-refractivity contribution >= 4 is 8.80 Å². The van der Waals surface area contributed by atoms with E-state index in [1.54, 1.807) is 21.3 Å². The van der Waals surface area contributed by atoms with Crippen molar-refractivity contribution < 1.29 is 13.3 Å². The Morgan fingerprint density at radius 2 is 1.64 bits per heavy atom. The first-order chi connectivity index (χ1) is 6.75. The maximum absolute atomic E-state index is 5.53. The minimum absolute atomic E-state index is 0.470. The molecule has 0 aliphatic heterocycles. The van der Waals surface area contributed by atoms with Crippen molar-refractivity contribution in [3.05, 3.63) is 12.2 Å². The fraction of sp³-hybridized carbons (Fsp3) is 0.800. The first kappa shape index (κ1) is 10.4. The molecule has 3 atom stereocenters. The van der Waals surface area contributed by atoms with Crippen LogP contribution in [0.15, 0.2) is 12.2 Å². The SMILES string of the molecule is CO[Si](OC)(OC)C1C[C@H]2C=CC1C2. The van der Waals surface area contributed by atoms with Crippen LogP contribution in [-0.4, -0.2) is 30.1 Å². The van der Waals surface area contributed by atoms with Crippen LogP contribution in [0.25, 0.3) is 0 Å². The lowest BCUT2D eigenvalue weighted by Gasteiger charge is -2.33. The number of hydrogen-bond donors (Lipinski definition) is 0. The van der Waals surface area contributed by atoms with Crippen LogP contribution in [0.3, 0.4) is 0 Å². The quantitative estimate of drug-likeness (QED) is 0.528. The highest BCUT2D eigenvalue weighted by Gasteiger charge is 2.55. The summed E-state index contributed by atoms with van der Waals surface area (Å²) in [5.41, 5.74) is 0.470. The van der Waals surface area contributed by atoms with Gasteiger partial charge in [0.25, 0.3) is 0 Å². The molecule has 0 aromatic rings. The van der Waals surface area contributed by atoms with Crippen LogP contribution < -0.4 is 0 Å². The summed E-state index contributed by atoms with van der Waals surface area (Å²) in [6.07, 6.45) is 7.05. The summed E-state index contributed by atoms with van der Waals surface area (Å²) in [4.78, 5) is 0. The van der Waals surface area contributed by atoms with E-state index in [0.717, 1.165) is 5.92 Å². The van der Waals surface area contributed by atoms with Gasteiger partial charge in [0.15, 0.2) is 0 Å². The van der Waals surface area contributed by atoms with Crippen molar-refractivity contribution in [1.82, 2.24) is 0 Å². The molecule has 0 N–H and O–H groups in total. The van der Waals surface area contributed by atoms with Crippen molar-refractivity contribution in [2.45, 2.75) is 18.4 Å². The minimum atomic E-state index is -2.39. The third-order valence-corrected chi connectivity index (χ3v) is 6.87. The van der Waals surface area contributed by atoms with Gasteiger partial charge in [-0.1, -0.05) is 12.2 Å². The van der Waals surface area contributed by atoms with Crippen molar-refractivity contribution in [1.29, 1.82) is 0 Å². The van der Waals surface area contributed by atoms with Crippen LogP contribution in [-0.2, 0) is 13.3 Å². The van der Waals surface area contributed by atoms with Gasteiger partial charge in [0.1, 0.15) is 0 Å². The zero-order valence-corrected chi connectivity index (χ0v) is 10.0. The smallest absolute Gasteiger partial charge is 0.377 e. The predicted molar refractivity (Wildman–Crippen MR) is 55.9 cm³/mol. The molecule has 2 rings (SSSR count). The van der Waals surface area contributed by atoms with Gasteiger partial charge in [-0.25, -0.2) is 0 Å². The van der Waals surface area contributed by atoms with E-state index in [2.05, 4.69) is 12.2 Å². The molecule has 1 saturated carbocycles. The summed E-state index contributed by atoms with van der Waals surface area (Å²) < 4.78 is 16.6. The van der Waals surface area contributed by atoms with Crippen molar-refractivity contribution in [2.75, 3.05) is 21.3 Å². The van der Waals surface area contributed by atoms with E-state index >= 15 is 0 Å². The molecule has 3 nitrogen and oxygen atoms in total. The lowest BCUT2D eigenvalue weighted by Crippen LogP contribution is -2.49. The molecule has 0 aromatic heterocycles. The molecule has 4 heteroatoms. The van der Waals surface area contributed by atoms with Crippen molar-refractivity contribution in [3.63, 3.8) is 0 Å². The molecule has 0 radical (unpaired) electrons. The third-order valence-electron chi connectivity index (χ3n) is 3.59. The van der Waals surface area contributed by atoms with Crippen LogP contribution >= 0.6 is 0 Å². The average molecular weight is 214 g/mol. The Morgan fingerprint density at radius 1 is 1.00 bits per heavy atom. The Balaban J connectivity index is 2.16. The van der Waals surface area contributed by atoms with Gasteiger partial charge in [0.2, 0.25) is 0 Å². The second-order valence-electron chi connectivity index (χ2n) is 4.10. The molecule has 2 aliphatic rings. The van der Waals surface area contributed by atoms with Gasteiger partial charge in [-0.2, -0.15) is 0 Å². The fourth-order valence-electron chi connectivity index (χ4n) is 2.89. The number of hydrogen-bond acceptors (Lipinski definition) is 3. The zero-order chi connectivity index (χ0) is 10.2. The third kappa shape index (κ3) is 1.37. The van der Waals surface area contributed by atoms with Crippen LogP contribution in [0.5, 0.6) is 0 Å². The first-order valence-electron chi connectivity index (χ1n) is 5.09. The molecule has 0 heterocycles. The second kappa shape index (κ2) is 3.77. The van der Waals surface area contributed by atoms with Gasteiger partial charge in [0, 0.05) is 26.9 Å². The maximum Gasteiger partial charge on any atom is 0.504 e. The maximum atomic E-state index is 5.53. The van der Waals surface area contributed by atoms with Gasteiger partial charge in [-0.05, 0) is 24.7 Å². The van der Waals surface area contributed by atoms with Gasteiger partial charge >= 0.3 is 8.80 Å². The summed E-state index contributed by atoms with van der Waals surface area (Å²) >= 11 is 0. The summed E-state index contributed by atoms with van der Waals surface area (Å²) in [6, 6.07) is 0. The molecule has 2 unspecified atom stereocenters. The number of allylic oxidation sites excluding steroid dienone is 2. The summed E-state index contributed by atoms with van der Waals surface area (Å²) in [5.74, 6) is 1.35. The lowest BCUT2D eigenvalue weighted by molar-refractivity contribution is 0.107. The molecule has 80 valence electrons. The predicted octanol–water partition coefficient (Wildman–Crippen LogP) is 1.83. The highest BCUT2D eigenvalue weighted by atomic mass is 28.4. The lowest BCUT2D eigenvalue weighted by atomic mass is 10.1. The second-order valence-corrected chi connectivity index (χ2v) is 7.28. The fourth-order valence-corrected chi connectivity index (χ4v) is 5.66. The van der Waals surface area contributed by atoms with Crippen LogP contribution in [0.1, 0.15) is 12.8 Å². The molecule has 14 heavy (non-hydrogen) atoms. The Hall–Kier alpha value is -0.163. The topological polar surface area (TPSA) is 27.7 Å². The van der Waals surface area contributed by atoms with Crippen LogP contribution in [0.4, 0.5) is 0 Å². The Kier molecular flexibility index (Phi) is 2.79. The number of fused-ring (bicyclic) bond motifs is 2. The largest absolute Gasteiger partial charge is 0.504 e. The van der Waals surface area contributed by atoms with E-state index in [4.69, 9.17) is 13.3 Å². The Labute approximate surface area is 86.4 Å². The van der Waals surface area contributed by atoms with Crippen LogP contribution in [0.2, 0.25) is 5.54 Å². The average Bonchev–Trinajstić information content (AvgIpc) is 2.83. The molecule has 0 saturated heterocycles. The molecule has 1 fully saturated rings. The van der Waals surface area contributed by atoms with Crippen molar-refractivity contribution in [3.8, 4) is 0 Å². The van der Waals surface area contributed by atoms with E-state index < -0.39 is 8.80 Å². The summed E-state index contributed by atoms with van der Waals surface area (Å²) in [5, 5.41) is 0. The van der Waals surface area contributed by atoms with Gasteiger partial charge < -0.3 is 13.3 Å². The van der Waals surface area contributed by atoms with E-state index in [9.17, 15) is 0 Å². The standard InChI is InChI=1S/C10H18O3Si/c1-11-14(12-2,13-3)10-7-8-4-5-9(10)6-8/h4-5,8-10H,6-7H2,1-3H3/t8-,9?,10?/m0/s1. The normalized spacial score (nSPS) is 35.5.